The summed E-state index contributed by atoms with van der Waals surface area (Å²) in [5, 5.41) is 3.84. The second kappa shape index (κ2) is 4.06. The standard InChI is InChI=1S/C13H24N2/c1-15-8-6-10(7-9-15)12-4-2-11-3-5-13(12)14-11/h10-14H,2-9H2,1H3. The molecule has 0 spiro atoms. The van der Waals surface area contributed by atoms with Crippen molar-refractivity contribution in [2.75, 3.05) is 20.1 Å². The number of likely N-dealkylation sites (tertiary alicyclic amines) is 1. The molecule has 3 saturated heterocycles. The summed E-state index contributed by atoms with van der Waals surface area (Å²) in [6, 6.07) is 1.77. The lowest BCUT2D eigenvalue weighted by atomic mass is 9.76. The maximum absolute atomic E-state index is 3.84. The van der Waals surface area contributed by atoms with E-state index in [-0.39, 0.29) is 0 Å². The normalized spacial score (nSPS) is 43.4. The van der Waals surface area contributed by atoms with Crippen molar-refractivity contribution >= 4 is 0 Å². The van der Waals surface area contributed by atoms with Crippen LogP contribution >= 0.6 is 0 Å². The molecule has 0 radical (unpaired) electrons. The Kier molecular flexibility index (Phi) is 2.73. The van der Waals surface area contributed by atoms with Crippen LogP contribution in [0.1, 0.15) is 38.5 Å². The maximum Gasteiger partial charge on any atom is 0.0101 e. The van der Waals surface area contributed by atoms with Gasteiger partial charge in [-0.2, -0.15) is 0 Å². The van der Waals surface area contributed by atoms with Gasteiger partial charge in [0.25, 0.3) is 0 Å². The minimum Gasteiger partial charge on any atom is -0.311 e. The molecular weight excluding hydrogens is 184 g/mol. The second-order valence-corrected chi connectivity index (χ2v) is 5.93. The Bertz CT molecular complexity index is 221. The van der Waals surface area contributed by atoms with Crippen molar-refractivity contribution in [2.24, 2.45) is 11.8 Å². The molecule has 1 N–H and O–H groups in total. The van der Waals surface area contributed by atoms with Gasteiger partial charge >= 0.3 is 0 Å². The van der Waals surface area contributed by atoms with E-state index in [2.05, 4.69) is 17.3 Å². The molecule has 0 aromatic carbocycles. The lowest BCUT2D eigenvalue weighted by Crippen LogP contribution is -2.45. The molecule has 0 saturated carbocycles. The van der Waals surface area contributed by atoms with Crippen LogP contribution in [0.15, 0.2) is 0 Å². The van der Waals surface area contributed by atoms with E-state index < -0.39 is 0 Å². The highest BCUT2D eigenvalue weighted by Gasteiger charge is 2.39. The van der Waals surface area contributed by atoms with Gasteiger partial charge in [-0.25, -0.2) is 0 Å². The second-order valence-electron chi connectivity index (χ2n) is 5.93. The highest BCUT2D eigenvalue weighted by molar-refractivity contribution is 4.96. The molecule has 3 aliphatic heterocycles. The van der Waals surface area contributed by atoms with Crippen LogP contribution in [-0.2, 0) is 0 Å². The van der Waals surface area contributed by atoms with Crippen molar-refractivity contribution in [1.29, 1.82) is 0 Å². The highest BCUT2D eigenvalue weighted by atomic mass is 15.1. The molecular formula is C13H24N2. The fraction of sp³-hybridized carbons (Fsp3) is 1.00. The summed E-state index contributed by atoms with van der Waals surface area (Å²) in [6.07, 6.45) is 8.77. The van der Waals surface area contributed by atoms with Crippen molar-refractivity contribution in [3.8, 4) is 0 Å². The molecule has 0 amide bonds. The van der Waals surface area contributed by atoms with Gasteiger partial charge in [-0.1, -0.05) is 0 Å². The summed E-state index contributed by atoms with van der Waals surface area (Å²) in [5.41, 5.74) is 0. The highest BCUT2D eigenvalue weighted by Crippen LogP contribution is 2.39. The van der Waals surface area contributed by atoms with Crippen LogP contribution in [0, 0.1) is 11.8 Å². The van der Waals surface area contributed by atoms with Crippen molar-refractivity contribution < 1.29 is 0 Å². The first-order valence-corrected chi connectivity index (χ1v) is 6.77. The van der Waals surface area contributed by atoms with Crippen LogP contribution in [-0.4, -0.2) is 37.1 Å². The lowest BCUT2D eigenvalue weighted by molar-refractivity contribution is 0.126. The van der Waals surface area contributed by atoms with E-state index in [1.165, 1.54) is 51.6 Å². The molecule has 0 aromatic rings. The topological polar surface area (TPSA) is 15.3 Å². The first-order valence-electron chi connectivity index (χ1n) is 6.77. The van der Waals surface area contributed by atoms with E-state index in [1.807, 2.05) is 0 Å². The zero-order valence-corrected chi connectivity index (χ0v) is 9.91. The summed E-state index contributed by atoms with van der Waals surface area (Å²) < 4.78 is 0. The predicted molar refractivity (Wildman–Crippen MR) is 62.9 cm³/mol. The molecule has 3 aliphatic rings. The molecule has 0 aromatic heterocycles. The number of hydrogen-bond donors (Lipinski definition) is 1. The minimum atomic E-state index is 0.886. The lowest BCUT2D eigenvalue weighted by Gasteiger charge is -2.40. The number of piperidine rings is 2. The van der Waals surface area contributed by atoms with Gasteiger partial charge in [0, 0.05) is 12.1 Å². The first kappa shape index (κ1) is 10.1. The first-order chi connectivity index (χ1) is 7.33. The van der Waals surface area contributed by atoms with Crippen LogP contribution in [0.25, 0.3) is 0 Å². The van der Waals surface area contributed by atoms with E-state index in [9.17, 15) is 0 Å². The van der Waals surface area contributed by atoms with Gasteiger partial charge in [-0.3, -0.25) is 0 Å². The molecule has 2 bridgehead atoms. The third-order valence-electron chi connectivity index (χ3n) is 5.01. The molecule has 3 fully saturated rings. The fourth-order valence-electron chi connectivity index (χ4n) is 4.03. The van der Waals surface area contributed by atoms with Gasteiger partial charge in [0.15, 0.2) is 0 Å². The molecule has 3 heterocycles. The Morgan fingerprint density at radius 3 is 2.47 bits per heavy atom. The Balaban J connectivity index is 1.62. The van der Waals surface area contributed by atoms with Crippen LogP contribution in [0.2, 0.25) is 0 Å². The largest absolute Gasteiger partial charge is 0.311 e. The quantitative estimate of drug-likeness (QED) is 0.707. The Morgan fingerprint density at radius 2 is 1.67 bits per heavy atom. The van der Waals surface area contributed by atoms with Crippen molar-refractivity contribution in [3.63, 3.8) is 0 Å². The molecule has 3 rings (SSSR count). The molecule has 2 heteroatoms. The molecule has 2 nitrogen and oxygen atoms in total. The van der Waals surface area contributed by atoms with Crippen LogP contribution in [0.3, 0.4) is 0 Å². The zero-order chi connectivity index (χ0) is 10.3. The van der Waals surface area contributed by atoms with Gasteiger partial charge in [0.05, 0.1) is 0 Å². The summed E-state index contributed by atoms with van der Waals surface area (Å²) >= 11 is 0. The van der Waals surface area contributed by atoms with Crippen LogP contribution in [0.4, 0.5) is 0 Å². The van der Waals surface area contributed by atoms with Crippen LogP contribution in [0.5, 0.6) is 0 Å². The van der Waals surface area contributed by atoms with Gasteiger partial charge in [0.1, 0.15) is 0 Å². The molecule has 86 valence electrons. The van der Waals surface area contributed by atoms with E-state index >= 15 is 0 Å². The summed E-state index contributed by atoms with van der Waals surface area (Å²) in [6.45, 7) is 2.66. The Labute approximate surface area is 93.4 Å². The van der Waals surface area contributed by atoms with Crippen molar-refractivity contribution in [3.05, 3.63) is 0 Å². The van der Waals surface area contributed by atoms with E-state index in [4.69, 9.17) is 0 Å². The SMILES string of the molecule is CN1CCC(C2CCC3CCC2N3)CC1. The third kappa shape index (κ3) is 1.94. The van der Waals surface area contributed by atoms with E-state index in [0.717, 1.165) is 23.9 Å². The average molecular weight is 208 g/mol. The number of nitrogens with one attached hydrogen (secondary N) is 1. The van der Waals surface area contributed by atoms with Crippen molar-refractivity contribution in [2.45, 2.75) is 50.6 Å². The Morgan fingerprint density at radius 1 is 0.933 bits per heavy atom. The third-order valence-corrected chi connectivity index (χ3v) is 5.01. The fourth-order valence-corrected chi connectivity index (χ4v) is 4.03. The number of rotatable bonds is 1. The number of nitrogens with zero attached hydrogens (tertiary/aromatic N) is 1. The zero-order valence-electron chi connectivity index (χ0n) is 9.91. The van der Waals surface area contributed by atoms with Crippen molar-refractivity contribution in [1.82, 2.24) is 10.2 Å². The van der Waals surface area contributed by atoms with E-state index in [0.29, 0.717) is 0 Å². The summed E-state index contributed by atoms with van der Waals surface area (Å²) in [7, 11) is 2.26. The van der Waals surface area contributed by atoms with Gasteiger partial charge in [-0.05, 0) is 70.5 Å². The van der Waals surface area contributed by atoms with Crippen LogP contribution < -0.4 is 5.32 Å². The molecule has 3 unspecified atom stereocenters. The average Bonchev–Trinajstić information content (AvgIpc) is 2.63. The minimum absolute atomic E-state index is 0.886. The summed E-state index contributed by atoms with van der Waals surface area (Å²) in [4.78, 5) is 2.49. The summed E-state index contributed by atoms with van der Waals surface area (Å²) in [5.74, 6) is 2.04. The van der Waals surface area contributed by atoms with Gasteiger partial charge in [0.2, 0.25) is 0 Å². The maximum atomic E-state index is 3.84. The monoisotopic (exact) mass is 208 g/mol. The smallest absolute Gasteiger partial charge is 0.0101 e. The molecule has 3 atom stereocenters. The Hall–Kier alpha value is -0.0800. The van der Waals surface area contributed by atoms with Gasteiger partial charge in [-0.15, -0.1) is 0 Å². The van der Waals surface area contributed by atoms with Gasteiger partial charge < -0.3 is 10.2 Å². The molecule has 0 aliphatic carbocycles. The van der Waals surface area contributed by atoms with E-state index in [1.54, 1.807) is 0 Å². The number of hydrogen-bond acceptors (Lipinski definition) is 2. The number of fused-ring (bicyclic) bond motifs is 2. The predicted octanol–water partition coefficient (Wildman–Crippen LogP) is 1.86. The molecule has 15 heavy (non-hydrogen) atoms.